The number of benzene rings is 1. The van der Waals surface area contributed by atoms with Gasteiger partial charge in [-0.05, 0) is 74.2 Å². The highest BCUT2D eigenvalue weighted by Gasteiger charge is 2.38. The highest BCUT2D eigenvalue weighted by Crippen LogP contribution is 2.47. The third kappa shape index (κ3) is 2.93. The second kappa shape index (κ2) is 5.89. The molecule has 1 nitrogen and oxygen atoms in total. The SMILES string of the molecule is CNC(c1cc(C)c(C)cc1C)C1CCCCC1(C)C. The van der Waals surface area contributed by atoms with E-state index in [0.29, 0.717) is 11.5 Å². The van der Waals surface area contributed by atoms with E-state index in [-0.39, 0.29) is 0 Å². The van der Waals surface area contributed by atoms with Crippen LogP contribution in [0.5, 0.6) is 0 Å². The van der Waals surface area contributed by atoms with E-state index in [2.05, 4.69) is 59.1 Å². The predicted molar refractivity (Wildman–Crippen MR) is 88.2 cm³/mol. The maximum Gasteiger partial charge on any atom is 0.0354 e. The molecule has 1 aliphatic carbocycles. The number of aryl methyl sites for hydroxylation is 3. The third-order valence-electron chi connectivity index (χ3n) is 5.52. The minimum absolute atomic E-state index is 0.442. The molecule has 1 N–H and O–H groups in total. The van der Waals surface area contributed by atoms with E-state index in [1.807, 2.05) is 0 Å². The summed E-state index contributed by atoms with van der Waals surface area (Å²) in [4.78, 5) is 0. The van der Waals surface area contributed by atoms with Crippen LogP contribution < -0.4 is 5.32 Å². The standard InChI is InChI=1S/C19H31N/c1-13-11-15(3)16(12-14(13)2)18(20-6)17-9-7-8-10-19(17,4)5/h11-12,17-18,20H,7-10H2,1-6H3. The van der Waals surface area contributed by atoms with Crippen molar-refractivity contribution in [2.24, 2.45) is 11.3 Å². The Balaban J connectivity index is 2.39. The topological polar surface area (TPSA) is 12.0 Å². The Morgan fingerprint density at radius 3 is 2.30 bits per heavy atom. The summed E-state index contributed by atoms with van der Waals surface area (Å²) in [5.74, 6) is 0.738. The average Bonchev–Trinajstić information content (AvgIpc) is 2.37. The van der Waals surface area contributed by atoms with Crippen LogP contribution in [0.15, 0.2) is 12.1 Å². The van der Waals surface area contributed by atoms with Crippen LogP contribution in [0.1, 0.15) is 67.8 Å². The molecule has 2 atom stereocenters. The Hall–Kier alpha value is -0.820. The Labute approximate surface area is 125 Å². The first kappa shape index (κ1) is 15.6. The Morgan fingerprint density at radius 2 is 1.70 bits per heavy atom. The molecule has 1 aromatic carbocycles. The summed E-state index contributed by atoms with van der Waals surface area (Å²) in [7, 11) is 2.13. The van der Waals surface area contributed by atoms with Crippen molar-refractivity contribution >= 4 is 0 Å². The summed E-state index contributed by atoms with van der Waals surface area (Å²) in [6.45, 7) is 11.6. The molecule has 2 rings (SSSR count). The van der Waals surface area contributed by atoms with Crippen molar-refractivity contribution in [1.82, 2.24) is 5.32 Å². The lowest BCUT2D eigenvalue weighted by molar-refractivity contribution is 0.101. The molecule has 0 saturated heterocycles. The van der Waals surface area contributed by atoms with Gasteiger partial charge in [-0.2, -0.15) is 0 Å². The summed E-state index contributed by atoms with van der Waals surface area (Å²) >= 11 is 0. The molecule has 0 aliphatic heterocycles. The largest absolute Gasteiger partial charge is 0.313 e. The van der Waals surface area contributed by atoms with Crippen LogP contribution in [0.3, 0.4) is 0 Å². The van der Waals surface area contributed by atoms with Gasteiger partial charge in [0.15, 0.2) is 0 Å². The van der Waals surface area contributed by atoms with Gasteiger partial charge in [0.25, 0.3) is 0 Å². The van der Waals surface area contributed by atoms with E-state index in [4.69, 9.17) is 0 Å². The van der Waals surface area contributed by atoms with Gasteiger partial charge in [0.1, 0.15) is 0 Å². The lowest BCUT2D eigenvalue weighted by Gasteiger charge is -2.44. The first-order chi connectivity index (χ1) is 9.36. The van der Waals surface area contributed by atoms with E-state index in [1.54, 1.807) is 0 Å². The molecule has 0 spiro atoms. The van der Waals surface area contributed by atoms with E-state index in [9.17, 15) is 0 Å². The van der Waals surface area contributed by atoms with Crippen molar-refractivity contribution in [3.63, 3.8) is 0 Å². The van der Waals surface area contributed by atoms with Crippen LogP contribution in [-0.2, 0) is 0 Å². The lowest BCUT2D eigenvalue weighted by Crippen LogP contribution is -2.38. The van der Waals surface area contributed by atoms with Crippen molar-refractivity contribution in [1.29, 1.82) is 0 Å². The van der Waals surface area contributed by atoms with Gasteiger partial charge in [-0.3, -0.25) is 0 Å². The fourth-order valence-electron chi connectivity index (χ4n) is 4.03. The molecule has 0 aromatic heterocycles. The molecule has 0 heterocycles. The van der Waals surface area contributed by atoms with Gasteiger partial charge in [-0.25, -0.2) is 0 Å². The molecule has 0 bridgehead atoms. The maximum atomic E-state index is 3.63. The van der Waals surface area contributed by atoms with E-state index in [1.165, 1.54) is 47.9 Å². The van der Waals surface area contributed by atoms with Crippen LogP contribution in [-0.4, -0.2) is 7.05 Å². The van der Waals surface area contributed by atoms with Crippen LogP contribution >= 0.6 is 0 Å². The van der Waals surface area contributed by atoms with Gasteiger partial charge in [0.05, 0.1) is 0 Å². The highest BCUT2D eigenvalue weighted by atomic mass is 14.9. The van der Waals surface area contributed by atoms with E-state index in [0.717, 1.165) is 5.92 Å². The molecule has 1 fully saturated rings. The molecule has 1 saturated carbocycles. The second-order valence-electron chi connectivity index (χ2n) is 7.40. The fraction of sp³-hybridized carbons (Fsp3) is 0.684. The maximum absolute atomic E-state index is 3.63. The number of hydrogen-bond donors (Lipinski definition) is 1. The summed E-state index contributed by atoms with van der Waals surface area (Å²) in [6.07, 6.45) is 5.49. The summed E-state index contributed by atoms with van der Waals surface area (Å²) in [5.41, 5.74) is 6.21. The zero-order valence-corrected chi connectivity index (χ0v) is 14.1. The first-order valence-electron chi connectivity index (χ1n) is 8.12. The van der Waals surface area contributed by atoms with Crippen LogP contribution in [0.2, 0.25) is 0 Å². The van der Waals surface area contributed by atoms with Crippen LogP contribution in [0.4, 0.5) is 0 Å². The zero-order chi connectivity index (χ0) is 14.9. The Kier molecular flexibility index (Phi) is 4.59. The molecular formula is C19H31N. The Morgan fingerprint density at radius 1 is 1.05 bits per heavy atom. The van der Waals surface area contributed by atoms with Crippen LogP contribution in [0, 0.1) is 32.1 Å². The number of rotatable bonds is 3. The highest BCUT2D eigenvalue weighted by molar-refractivity contribution is 5.38. The average molecular weight is 273 g/mol. The molecule has 20 heavy (non-hydrogen) atoms. The van der Waals surface area contributed by atoms with Gasteiger partial charge in [-0.15, -0.1) is 0 Å². The Bertz CT molecular complexity index is 473. The van der Waals surface area contributed by atoms with Gasteiger partial charge in [0, 0.05) is 6.04 Å². The number of hydrogen-bond acceptors (Lipinski definition) is 1. The predicted octanol–water partition coefficient (Wildman–Crippen LogP) is 5.09. The van der Waals surface area contributed by atoms with Gasteiger partial charge in [-0.1, -0.05) is 38.8 Å². The normalized spacial score (nSPS) is 23.6. The molecule has 112 valence electrons. The summed E-state index contributed by atoms with van der Waals surface area (Å²) in [6, 6.07) is 5.26. The smallest absolute Gasteiger partial charge is 0.0354 e. The van der Waals surface area contributed by atoms with Gasteiger partial charge >= 0.3 is 0 Å². The second-order valence-corrected chi connectivity index (χ2v) is 7.40. The molecule has 2 unspecified atom stereocenters. The molecular weight excluding hydrogens is 242 g/mol. The number of nitrogens with one attached hydrogen (secondary N) is 1. The minimum atomic E-state index is 0.442. The molecule has 0 radical (unpaired) electrons. The van der Waals surface area contributed by atoms with Crippen molar-refractivity contribution < 1.29 is 0 Å². The van der Waals surface area contributed by atoms with Gasteiger partial charge < -0.3 is 5.32 Å². The first-order valence-corrected chi connectivity index (χ1v) is 8.12. The molecule has 1 aliphatic rings. The van der Waals surface area contributed by atoms with Crippen molar-refractivity contribution in [3.8, 4) is 0 Å². The fourth-order valence-corrected chi connectivity index (χ4v) is 4.03. The third-order valence-corrected chi connectivity index (χ3v) is 5.52. The monoisotopic (exact) mass is 273 g/mol. The summed E-state index contributed by atoms with van der Waals surface area (Å²) in [5, 5.41) is 3.63. The molecule has 1 aromatic rings. The lowest BCUT2D eigenvalue weighted by atomic mass is 9.64. The quantitative estimate of drug-likeness (QED) is 0.809. The zero-order valence-electron chi connectivity index (χ0n) is 14.1. The van der Waals surface area contributed by atoms with Crippen LogP contribution in [0.25, 0.3) is 0 Å². The van der Waals surface area contributed by atoms with E-state index >= 15 is 0 Å². The van der Waals surface area contributed by atoms with Crippen molar-refractivity contribution in [2.75, 3.05) is 7.05 Å². The van der Waals surface area contributed by atoms with Gasteiger partial charge in [0.2, 0.25) is 0 Å². The molecule has 1 heteroatoms. The minimum Gasteiger partial charge on any atom is -0.313 e. The van der Waals surface area contributed by atoms with E-state index < -0.39 is 0 Å². The van der Waals surface area contributed by atoms with Crippen molar-refractivity contribution in [3.05, 3.63) is 34.4 Å². The van der Waals surface area contributed by atoms with Crippen molar-refractivity contribution in [2.45, 2.75) is 66.3 Å². The summed E-state index contributed by atoms with van der Waals surface area (Å²) < 4.78 is 0. The molecule has 0 amide bonds.